The molecule has 0 spiro atoms. The van der Waals surface area contributed by atoms with Gasteiger partial charge < -0.3 is 20.3 Å². The van der Waals surface area contributed by atoms with Gasteiger partial charge in [0.05, 0.1) is 13.2 Å². The van der Waals surface area contributed by atoms with Crippen LogP contribution in [-0.2, 0) is 4.79 Å². The van der Waals surface area contributed by atoms with E-state index < -0.39 is 0 Å². The average molecular weight is 301 g/mol. The lowest BCUT2D eigenvalue weighted by Gasteiger charge is -2.21. The molecule has 6 nitrogen and oxygen atoms in total. The Kier molecular flexibility index (Phi) is 4.11. The lowest BCUT2D eigenvalue weighted by Crippen LogP contribution is -2.42. The minimum absolute atomic E-state index is 0.0509. The van der Waals surface area contributed by atoms with Gasteiger partial charge in [0.25, 0.3) is 5.91 Å². The highest BCUT2D eigenvalue weighted by atomic mass is 16.3. The molecular formula is C16H19N3O3. The van der Waals surface area contributed by atoms with Crippen molar-refractivity contribution in [3.63, 3.8) is 0 Å². The van der Waals surface area contributed by atoms with Crippen LogP contribution < -0.4 is 5.32 Å². The number of aromatic nitrogens is 1. The predicted octanol–water partition coefficient (Wildman–Crippen LogP) is 0.881. The van der Waals surface area contributed by atoms with E-state index in [0.717, 1.165) is 23.7 Å². The Labute approximate surface area is 128 Å². The van der Waals surface area contributed by atoms with Crippen LogP contribution in [0.5, 0.6) is 0 Å². The normalized spacial score (nSPS) is 14.0. The lowest BCUT2D eigenvalue weighted by molar-refractivity contribution is -0.131. The highest BCUT2D eigenvalue weighted by Crippen LogP contribution is 2.26. The van der Waals surface area contributed by atoms with Crippen molar-refractivity contribution in [1.82, 2.24) is 15.2 Å². The molecular weight excluding hydrogens is 282 g/mol. The van der Waals surface area contributed by atoms with Crippen molar-refractivity contribution in [3.05, 3.63) is 36.0 Å². The molecule has 2 aromatic rings. The number of aliphatic hydroxyl groups is 1. The molecule has 0 aliphatic heterocycles. The number of carbonyl (C=O) groups excluding carboxylic acids is 2. The van der Waals surface area contributed by atoms with Gasteiger partial charge in [-0.15, -0.1) is 0 Å². The Balaban J connectivity index is 1.60. The van der Waals surface area contributed by atoms with Gasteiger partial charge in [-0.1, -0.05) is 18.2 Å². The van der Waals surface area contributed by atoms with Crippen LogP contribution in [0.15, 0.2) is 30.3 Å². The first kappa shape index (κ1) is 14.6. The number of carbonyl (C=O) groups is 2. The van der Waals surface area contributed by atoms with Crippen molar-refractivity contribution in [2.75, 3.05) is 19.7 Å². The number of fused-ring (bicyclic) bond motifs is 1. The van der Waals surface area contributed by atoms with E-state index in [1.165, 1.54) is 0 Å². The number of H-pyrrole nitrogens is 1. The molecule has 1 aliphatic rings. The number of hydrogen-bond donors (Lipinski definition) is 3. The third-order valence-electron chi connectivity index (χ3n) is 3.82. The number of amides is 2. The van der Waals surface area contributed by atoms with Crippen LogP contribution >= 0.6 is 0 Å². The Morgan fingerprint density at radius 3 is 2.77 bits per heavy atom. The van der Waals surface area contributed by atoms with Crippen molar-refractivity contribution in [2.24, 2.45) is 0 Å². The summed E-state index contributed by atoms with van der Waals surface area (Å²) in [6.45, 7) is 0.217. The molecule has 6 heteroatoms. The third-order valence-corrected chi connectivity index (χ3v) is 3.82. The number of para-hydroxylation sites is 1. The first-order chi connectivity index (χ1) is 10.7. The van der Waals surface area contributed by atoms with Gasteiger partial charge in [0.1, 0.15) is 5.69 Å². The highest BCUT2D eigenvalue weighted by Gasteiger charge is 2.31. The average Bonchev–Trinajstić information content (AvgIpc) is 3.27. The van der Waals surface area contributed by atoms with E-state index in [1.54, 1.807) is 11.0 Å². The largest absolute Gasteiger partial charge is 0.395 e. The smallest absolute Gasteiger partial charge is 0.268 e. The SMILES string of the molecule is O=C(NCC(=O)N(CCO)C1CC1)c1cc2ccccc2[nH]1. The van der Waals surface area contributed by atoms with Crippen LogP contribution in [0, 0.1) is 0 Å². The van der Waals surface area contributed by atoms with Gasteiger partial charge in [0.2, 0.25) is 5.91 Å². The number of nitrogens with one attached hydrogen (secondary N) is 2. The molecule has 1 aliphatic carbocycles. The quantitative estimate of drug-likeness (QED) is 0.740. The maximum absolute atomic E-state index is 12.1. The molecule has 0 unspecified atom stereocenters. The van der Waals surface area contributed by atoms with Crippen LogP contribution in [0.2, 0.25) is 0 Å². The minimum atomic E-state index is -0.302. The van der Waals surface area contributed by atoms with Crippen LogP contribution in [-0.4, -0.2) is 52.5 Å². The second kappa shape index (κ2) is 6.19. The summed E-state index contributed by atoms with van der Waals surface area (Å²) in [5.41, 5.74) is 1.33. The molecule has 1 aromatic carbocycles. The molecule has 0 atom stereocenters. The molecule has 0 radical (unpaired) electrons. The molecule has 1 fully saturated rings. The van der Waals surface area contributed by atoms with Crippen molar-refractivity contribution in [1.29, 1.82) is 0 Å². The van der Waals surface area contributed by atoms with E-state index in [1.807, 2.05) is 24.3 Å². The first-order valence-electron chi connectivity index (χ1n) is 7.45. The minimum Gasteiger partial charge on any atom is -0.395 e. The number of hydrogen-bond acceptors (Lipinski definition) is 3. The zero-order chi connectivity index (χ0) is 15.5. The summed E-state index contributed by atoms with van der Waals surface area (Å²) in [4.78, 5) is 28.9. The molecule has 3 rings (SSSR count). The Morgan fingerprint density at radius 2 is 2.09 bits per heavy atom. The van der Waals surface area contributed by atoms with E-state index in [4.69, 9.17) is 5.11 Å². The van der Waals surface area contributed by atoms with Crippen LogP contribution in [0.25, 0.3) is 10.9 Å². The molecule has 0 saturated heterocycles. The van der Waals surface area contributed by atoms with Gasteiger partial charge in [0.15, 0.2) is 0 Å². The van der Waals surface area contributed by atoms with Gasteiger partial charge in [-0.05, 0) is 25.0 Å². The Hall–Kier alpha value is -2.34. The van der Waals surface area contributed by atoms with Gasteiger partial charge in [-0.25, -0.2) is 0 Å². The van der Waals surface area contributed by atoms with E-state index in [2.05, 4.69) is 10.3 Å². The zero-order valence-electron chi connectivity index (χ0n) is 12.2. The second-order valence-electron chi connectivity index (χ2n) is 5.49. The topological polar surface area (TPSA) is 85.4 Å². The van der Waals surface area contributed by atoms with Gasteiger partial charge in [0, 0.05) is 23.5 Å². The molecule has 1 heterocycles. The van der Waals surface area contributed by atoms with E-state index >= 15 is 0 Å². The second-order valence-corrected chi connectivity index (χ2v) is 5.49. The van der Waals surface area contributed by atoms with Crippen molar-refractivity contribution in [2.45, 2.75) is 18.9 Å². The molecule has 0 bridgehead atoms. The molecule has 2 amide bonds. The molecule has 1 saturated carbocycles. The zero-order valence-corrected chi connectivity index (χ0v) is 12.2. The summed E-state index contributed by atoms with van der Waals surface area (Å²) in [5, 5.41) is 12.6. The summed E-state index contributed by atoms with van der Waals surface area (Å²) in [6.07, 6.45) is 1.95. The molecule has 3 N–H and O–H groups in total. The highest BCUT2D eigenvalue weighted by molar-refractivity contribution is 5.99. The monoisotopic (exact) mass is 301 g/mol. The Morgan fingerprint density at radius 1 is 1.32 bits per heavy atom. The summed E-state index contributed by atoms with van der Waals surface area (Å²) in [6, 6.07) is 9.61. The number of benzene rings is 1. The molecule has 1 aromatic heterocycles. The van der Waals surface area contributed by atoms with Gasteiger partial charge in [-0.3, -0.25) is 9.59 Å². The van der Waals surface area contributed by atoms with Crippen LogP contribution in [0.3, 0.4) is 0 Å². The maximum Gasteiger partial charge on any atom is 0.268 e. The predicted molar refractivity (Wildman–Crippen MR) is 82.5 cm³/mol. The first-order valence-corrected chi connectivity index (χ1v) is 7.45. The third kappa shape index (κ3) is 3.12. The Bertz CT molecular complexity index is 658. The molecule has 22 heavy (non-hydrogen) atoms. The summed E-state index contributed by atoms with van der Waals surface area (Å²) < 4.78 is 0. The van der Waals surface area contributed by atoms with E-state index in [9.17, 15) is 9.59 Å². The van der Waals surface area contributed by atoms with Crippen molar-refractivity contribution < 1.29 is 14.7 Å². The lowest BCUT2D eigenvalue weighted by atomic mass is 10.2. The van der Waals surface area contributed by atoms with Gasteiger partial charge in [-0.2, -0.15) is 0 Å². The fourth-order valence-electron chi connectivity index (χ4n) is 2.55. The maximum atomic E-state index is 12.1. The number of aromatic amines is 1. The number of rotatable bonds is 6. The fourth-order valence-corrected chi connectivity index (χ4v) is 2.55. The summed E-state index contributed by atoms with van der Waals surface area (Å²) in [7, 11) is 0. The summed E-state index contributed by atoms with van der Waals surface area (Å²) in [5.74, 6) is -0.453. The standard InChI is InChI=1S/C16H19N3O3/c20-8-7-19(12-5-6-12)15(21)10-17-16(22)14-9-11-3-1-2-4-13(11)18-14/h1-4,9,12,18,20H,5-8,10H2,(H,17,22). The molecule has 116 valence electrons. The summed E-state index contributed by atoms with van der Waals surface area (Å²) >= 11 is 0. The van der Waals surface area contributed by atoms with Crippen molar-refractivity contribution >= 4 is 22.7 Å². The number of nitrogens with zero attached hydrogens (tertiary/aromatic N) is 1. The van der Waals surface area contributed by atoms with E-state index in [-0.39, 0.29) is 31.0 Å². The van der Waals surface area contributed by atoms with Crippen molar-refractivity contribution in [3.8, 4) is 0 Å². The fraction of sp³-hybridized carbons (Fsp3) is 0.375. The van der Waals surface area contributed by atoms with Gasteiger partial charge >= 0.3 is 0 Å². The van der Waals surface area contributed by atoms with E-state index in [0.29, 0.717) is 12.2 Å². The van der Waals surface area contributed by atoms with Crippen LogP contribution in [0.1, 0.15) is 23.3 Å². The van der Waals surface area contributed by atoms with Crippen LogP contribution in [0.4, 0.5) is 0 Å². The number of aliphatic hydroxyl groups excluding tert-OH is 1.